The Morgan fingerprint density at radius 3 is 2.77 bits per heavy atom. The molecule has 0 bridgehead atoms. The Morgan fingerprint density at radius 1 is 1.54 bits per heavy atom. The van der Waals surface area contributed by atoms with Gasteiger partial charge < -0.3 is 0 Å². The number of sulfonamides is 1. The van der Waals surface area contributed by atoms with Crippen molar-refractivity contribution in [3.8, 4) is 0 Å². The lowest BCUT2D eigenvalue weighted by Gasteiger charge is -2.01. The SMILES string of the molecule is CNS(=O)(=O)Cc1ccnc(C)n1. The number of aromatic nitrogens is 2. The Bertz CT molecular complexity index is 388. The highest BCUT2D eigenvalue weighted by atomic mass is 32.2. The van der Waals surface area contributed by atoms with Gasteiger partial charge in [0.15, 0.2) is 0 Å². The lowest BCUT2D eigenvalue weighted by molar-refractivity contribution is 0.586. The van der Waals surface area contributed by atoms with Crippen LogP contribution in [0, 0.1) is 6.92 Å². The second-order valence-corrected chi connectivity index (χ2v) is 4.48. The zero-order chi connectivity index (χ0) is 9.90. The summed E-state index contributed by atoms with van der Waals surface area (Å²) in [6.07, 6.45) is 1.54. The molecular weight excluding hydrogens is 190 g/mol. The third kappa shape index (κ3) is 3.08. The predicted molar refractivity (Wildman–Crippen MR) is 48.5 cm³/mol. The van der Waals surface area contributed by atoms with Gasteiger partial charge in [0.1, 0.15) is 11.6 Å². The number of aryl methyl sites for hydroxylation is 1. The van der Waals surface area contributed by atoms with Crippen molar-refractivity contribution in [2.24, 2.45) is 0 Å². The molecule has 13 heavy (non-hydrogen) atoms. The van der Waals surface area contributed by atoms with Gasteiger partial charge in [0.2, 0.25) is 10.0 Å². The fourth-order valence-corrected chi connectivity index (χ4v) is 1.55. The number of hydrogen-bond donors (Lipinski definition) is 1. The maximum absolute atomic E-state index is 11.1. The summed E-state index contributed by atoms with van der Waals surface area (Å²) in [6, 6.07) is 1.59. The van der Waals surface area contributed by atoms with E-state index in [0.29, 0.717) is 11.5 Å². The lowest BCUT2D eigenvalue weighted by Crippen LogP contribution is -2.21. The van der Waals surface area contributed by atoms with Crippen LogP contribution in [0.3, 0.4) is 0 Å². The van der Waals surface area contributed by atoms with E-state index < -0.39 is 10.0 Å². The molecule has 5 nitrogen and oxygen atoms in total. The predicted octanol–water partition coefficient (Wildman–Crippen LogP) is -0.166. The summed E-state index contributed by atoms with van der Waals surface area (Å²) in [5, 5.41) is 0. The number of rotatable bonds is 3. The molecular formula is C7H11N3O2S. The third-order valence-corrected chi connectivity index (χ3v) is 2.78. The van der Waals surface area contributed by atoms with E-state index in [1.165, 1.54) is 7.05 Å². The van der Waals surface area contributed by atoms with Crippen LogP contribution in [0.1, 0.15) is 11.5 Å². The third-order valence-electron chi connectivity index (χ3n) is 1.48. The van der Waals surface area contributed by atoms with Gasteiger partial charge in [-0.05, 0) is 20.0 Å². The molecule has 6 heteroatoms. The topological polar surface area (TPSA) is 72.0 Å². The van der Waals surface area contributed by atoms with Gasteiger partial charge in [-0.25, -0.2) is 23.1 Å². The van der Waals surface area contributed by atoms with Crippen molar-refractivity contribution in [3.63, 3.8) is 0 Å². The second-order valence-electron chi connectivity index (χ2n) is 2.56. The van der Waals surface area contributed by atoms with E-state index in [-0.39, 0.29) is 5.75 Å². The Balaban J connectivity index is 2.87. The molecule has 0 saturated heterocycles. The van der Waals surface area contributed by atoms with Crippen LogP contribution >= 0.6 is 0 Å². The van der Waals surface area contributed by atoms with Gasteiger partial charge in [-0.3, -0.25) is 0 Å². The monoisotopic (exact) mass is 201 g/mol. The van der Waals surface area contributed by atoms with Gasteiger partial charge in [-0.1, -0.05) is 0 Å². The van der Waals surface area contributed by atoms with Gasteiger partial charge >= 0.3 is 0 Å². The summed E-state index contributed by atoms with van der Waals surface area (Å²) >= 11 is 0. The minimum atomic E-state index is -3.23. The molecule has 0 aromatic carbocycles. The highest BCUT2D eigenvalue weighted by Crippen LogP contribution is 1.99. The Hall–Kier alpha value is -1.01. The zero-order valence-corrected chi connectivity index (χ0v) is 8.30. The number of hydrogen-bond acceptors (Lipinski definition) is 4. The quantitative estimate of drug-likeness (QED) is 0.737. The first-order valence-electron chi connectivity index (χ1n) is 3.73. The van der Waals surface area contributed by atoms with Gasteiger partial charge in [0.05, 0.1) is 5.69 Å². The van der Waals surface area contributed by atoms with Crippen molar-refractivity contribution < 1.29 is 8.42 Å². The Labute approximate surface area is 77.3 Å². The van der Waals surface area contributed by atoms with Crippen molar-refractivity contribution in [3.05, 3.63) is 23.8 Å². The first kappa shape index (κ1) is 10.1. The standard InChI is InChI=1S/C7H11N3O2S/c1-6-9-4-3-7(10-6)5-13(11,12)8-2/h3-4,8H,5H2,1-2H3. The first-order valence-corrected chi connectivity index (χ1v) is 5.38. The average molecular weight is 201 g/mol. The van der Waals surface area contributed by atoms with Crippen LogP contribution in [0.4, 0.5) is 0 Å². The van der Waals surface area contributed by atoms with E-state index in [1.807, 2.05) is 0 Å². The van der Waals surface area contributed by atoms with Crippen molar-refractivity contribution in [2.45, 2.75) is 12.7 Å². The van der Waals surface area contributed by atoms with Crippen LogP contribution in [0.5, 0.6) is 0 Å². The van der Waals surface area contributed by atoms with E-state index in [9.17, 15) is 8.42 Å². The normalized spacial score (nSPS) is 11.5. The maximum atomic E-state index is 11.1. The molecule has 1 N–H and O–H groups in total. The lowest BCUT2D eigenvalue weighted by atomic mass is 10.4. The van der Waals surface area contributed by atoms with Gasteiger partial charge in [-0.2, -0.15) is 0 Å². The molecule has 0 aliphatic rings. The smallest absolute Gasteiger partial charge is 0.217 e. The molecule has 1 rings (SSSR count). The maximum Gasteiger partial charge on any atom is 0.217 e. The highest BCUT2D eigenvalue weighted by Gasteiger charge is 2.09. The molecule has 0 fully saturated rings. The van der Waals surface area contributed by atoms with Crippen molar-refractivity contribution in [1.29, 1.82) is 0 Å². The molecule has 0 unspecified atom stereocenters. The summed E-state index contributed by atoms with van der Waals surface area (Å²) in [6.45, 7) is 1.72. The summed E-state index contributed by atoms with van der Waals surface area (Å²) < 4.78 is 24.4. The number of nitrogens with zero attached hydrogens (tertiary/aromatic N) is 2. The van der Waals surface area contributed by atoms with Crippen LogP contribution in [0.15, 0.2) is 12.3 Å². The number of nitrogens with one attached hydrogen (secondary N) is 1. The largest absolute Gasteiger partial charge is 0.242 e. The van der Waals surface area contributed by atoms with Crippen molar-refractivity contribution in [1.82, 2.24) is 14.7 Å². The molecule has 1 aromatic heterocycles. The van der Waals surface area contributed by atoms with Crippen molar-refractivity contribution >= 4 is 10.0 Å². The molecule has 0 spiro atoms. The first-order chi connectivity index (χ1) is 6.03. The molecule has 0 radical (unpaired) electrons. The summed E-state index contributed by atoms with van der Waals surface area (Å²) in [5.41, 5.74) is 0.502. The fraction of sp³-hybridized carbons (Fsp3) is 0.429. The Kier molecular flexibility index (Phi) is 2.94. The van der Waals surface area contributed by atoms with Crippen molar-refractivity contribution in [2.75, 3.05) is 7.05 Å². The van der Waals surface area contributed by atoms with E-state index >= 15 is 0 Å². The van der Waals surface area contributed by atoms with Gasteiger partial charge in [0, 0.05) is 6.20 Å². The second kappa shape index (κ2) is 3.80. The van der Waals surface area contributed by atoms with Crippen LogP contribution in [0.2, 0.25) is 0 Å². The average Bonchev–Trinajstić information content (AvgIpc) is 2.03. The zero-order valence-electron chi connectivity index (χ0n) is 7.48. The van der Waals surface area contributed by atoms with Crippen LogP contribution in [-0.4, -0.2) is 25.4 Å². The summed E-state index contributed by atoms with van der Waals surface area (Å²) in [4.78, 5) is 7.85. The molecule has 0 saturated carbocycles. The minimum absolute atomic E-state index is 0.104. The van der Waals surface area contributed by atoms with Crippen LogP contribution in [0.25, 0.3) is 0 Å². The van der Waals surface area contributed by atoms with E-state index in [1.54, 1.807) is 19.2 Å². The van der Waals surface area contributed by atoms with Gasteiger partial charge in [0.25, 0.3) is 0 Å². The molecule has 72 valence electrons. The van der Waals surface area contributed by atoms with Crippen LogP contribution < -0.4 is 4.72 Å². The van der Waals surface area contributed by atoms with E-state index in [0.717, 1.165) is 0 Å². The molecule has 1 heterocycles. The molecule has 0 aliphatic carbocycles. The van der Waals surface area contributed by atoms with Crippen LogP contribution in [-0.2, 0) is 15.8 Å². The summed E-state index contributed by atoms with van der Waals surface area (Å²) in [7, 11) is -1.85. The molecule has 0 amide bonds. The Morgan fingerprint density at radius 2 is 2.23 bits per heavy atom. The molecule has 0 atom stereocenters. The van der Waals surface area contributed by atoms with E-state index in [2.05, 4.69) is 14.7 Å². The minimum Gasteiger partial charge on any atom is -0.242 e. The van der Waals surface area contributed by atoms with Gasteiger partial charge in [-0.15, -0.1) is 0 Å². The fourth-order valence-electron chi connectivity index (χ4n) is 0.852. The van der Waals surface area contributed by atoms with E-state index in [4.69, 9.17) is 0 Å². The molecule has 1 aromatic rings. The molecule has 0 aliphatic heterocycles. The highest BCUT2D eigenvalue weighted by molar-refractivity contribution is 7.88. The summed E-state index contributed by atoms with van der Waals surface area (Å²) in [5.74, 6) is 0.469.